The molecule has 2 aliphatic heterocycles. The van der Waals surface area contributed by atoms with Crippen molar-refractivity contribution in [3.8, 4) is 11.1 Å². The van der Waals surface area contributed by atoms with Crippen molar-refractivity contribution in [2.75, 3.05) is 9.71 Å². The minimum atomic E-state index is -0.140. The smallest absolute Gasteiger partial charge is 0.333 e. The van der Waals surface area contributed by atoms with Gasteiger partial charge in [0, 0.05) is 39.1 Å². The van der Waals surface area contributed by atoms with Gasteiger partial charge in [-0.05, 0) is 180 Å². The van der Waals surface area contributed by atoms with E-state index in [0.717, 1.165) is 35.8 Å². The highest BCUT2D eigenvalue weighted by atomic mass is 16.3. The maximum absolute atomic E-state index is 7.22. The average Bonchev–Trinajstić information content (AvgIpc) is 3.69. The summed E-state index contributed by atoms with van der Waals surface area (Å²) in [5.74, 6) is 0. The first-order chi connectivity index (χ1) is 32.2. The molecule has 8 aromatic rings. The Balaban J connectivity index is 1.21. The molecule has 5 aliphatic rings. The van der Waals surface area contributed by atoms with Gasteiger partial charge in [-0.25, -0.2) is 0 Å². The number of rotatable bonds is 2. The predicted molar refractivity (Wildman–Crippen MR) is 291 cm³/mol. The number of nitrogens with zero attached hydrogens (tertiary/aromatic N) is 2. The van der Waals surface area contributed by atoms with Crippen LogP contribution in [0.25, 0.3) is 43.8 Å². The van der Waals surface area contributed by atoms with Crippen molar-refractivity contribution in [1.29, 1.82) is 0 Å². The minimum absolute atomic E-state index is 0.0173. The van der Waals surface area contributed by atoms with Crippen LogP contribution in [0.15, 0.2) is 120 Å². The zero-order chi connectivity index (χ0) is 47.2. The Morgan fingerprint density at radius 3 is 1.59 bits per heavy atom. The summed E-state index contributed by atoms with van der Waals surface area (Å²) in [6.07, 6.45) is 7.03. The molecule has 13 rings (SSSR count). The third-order valence-corrected chi connectivity index (χ3v) is 18.6. The van der Waals surface area contributed by atoms with Crippen LogP contribution in [-0.2, 0) is 32.5 Å². The third-order valence-electron chi connectivity index (χ3n) is 18.6. The van der Waals surface area contributed by atoms with Crippen LogP contribution in [0.4, 0.5) is 28.4 Å². The van der Waals surface area contributed by atoms with Crippen LogP contribution < -0.4 is 20.6 Å². The van der Waals surface area contributed by atoms with Gasteiger partial charge in [0.25, 0.3) is 0 Å². The lowest BCUT2D eigenvalue weighted by Gasteiger charge is -2.49. The van der Waals surface area contributed by atoms with Crippen molar-refractivity contribution in [3.05, 3.63) is 149 Å². The Hall–Kier alpha value is -5.74. The quantitative estimate of drug-likeness (QED) is 0.161. The molecule has 0 bridgehead atoms. The van der Waals surface area contributed by atoms with Gasteiger partial charge in [0.2, 0.25) is 0 Å². The molecular formula is C64H67BN2O. The number of para-hydroxylation sites is 1. The summed E-state index contributed by atoms with van der Waals surface area (Å²) in [5.41, 5.74) is 22.7. The molecule has 1 aromatic heterocycles. The molecule has 0 spiro atoms. The van der Waals surface area contributed by atoms with Crippen LogP contribution in [0, 0.1) is 0 Å². The van der Waals surface area contributed by atoms with Crippen molar-refractivity contribution >= 4 is 78.9 Å². The third kappa shape index (κ3) is 5.73. The van der Waals surface area contributed by atoms with Gasteiger partial charge in [0.05, 0.1) is 5.69 Å². The standard InChI is InChI=1S/C64H67BN2O/c1-59(2)27-29-61(5,6)47-34-39(21-25-45(47)59)66-52-37-50-49(63(9,10)31-32-64(50,11)12)36-51(52)65-56-53(66)33-38-17-13-14-18-41(38)55(56)44-24-23-43-42-19-15-16-20-54(42)68-58(43)57(44)67(65)40-22-26-46-48(35-40)62(7,8)30-28-60(46,3)4/h13-26,33-37H,27-32H2,1-12H3. The fraction of sp³-hybridized carbons (Fsp3) is 0.375. The topological polar surface area (TPSA) is 19.6 Å². The molecule has 0 fully saturated rings. The molecule has 0 saturated carbocycles. The lowest BCUT2D eigenvalue weighted by molar-refractivity contribution is 0.332. The molecule has 0 N–H and O–H groups in total. The molecule has 0 saturated heterocycles. The van der Waals surface area contributed by atoms with Gasteiger partial charge in [-0.15, -0.1) is 0 Å². The summed E-state index contributed by atoms with van der Waals surface area (Å²) in [6, 6.07) is 45.6. The highest BCUT2D eigenvalue weighted by Gasteiger charge is 2.50. The summed E-state index contributed by atoms with van der Waals surface area (Å²) in [4.78, 5) is 5.45. The Kier molecular flexibility index (Phi) is 8.43. The van der Waals surface area contributed by atoms with Gasteiger partial charge in [0.15, 0.2) is 5.58 Å². The highest BCUT2D eigenvalue weighted by molar-refractivity contribution is 6.94. The number of anilines is 5. The van der Waals surface area contributed by atoms with Gasteiger partial charge in [-0.3, -0.25) is 0 Å². The second kappa shape index (κ2) is 13.5. The van der Waals surface area contributed by atoms with E-state index in [1.54, 1.807) is 0 Å². The van der Waals surface area contributed by atoms with Gasteiger partial charge in [-0.2, -0.15) is 0 Å². The molecule has 4 heteroatoms. The lowest BCUT2D eigenvalue weighted by atomic mass is 9.42. The molecule has 0 radical (unpaired) electrons. The molecule has 0 amide bonds. The maximum atomic E-state index is 7.22. The van der Waals surface area contributed by atoms with Crippen molar-refractivity contribution in [1.82, 2.24) is 0 Å². The van der Waals surface area contributed by atoms with E-state index in [1.807, 2.05) is 0 Å². The second-order valence-electron chi connectivity index (χ2n) is 25.7. The first kappa shape index (κ1) is 42.4. The Bertz CT molecular complexity index is 3500. The van der Waals surface area contributed by atoms with Gasteiger partial charge >= 0.3 is 6.85 Å². The van der Waals surface area contributed by atoms with Crippen LogP contribution in [0.3, 0.4) is 0 Å². The van der Waals surface area contributed by atoms with E-state index in [-0.39, 0.29) is 39.3 Å². The number of hydrogen-bond acceptors (Lipinski definition) is 3. The molecule has 3 aliphatic carbocycles. The molecule has 3 nitrogen and oxygen atoms in total. The summed E-state index contributed by atoms with van der Waals surface area (Å²) in [7, 11) is 0. The number of benzene rings is 7. The van der Waals surface area contributed by atoms with Crippen molar-refractivity contribution in [3.63, 3.8) is 0 Å². The van der Waals surface area contributed by atoms with Crippen LogP contribution >= 0.6 is 0 Å². The zero-order valence-electron chi connectivity index (χ0n) is 42.6. The molecule has 68 heavy (non-hydrogen) atoms. The van der Waals surface area contributed by atoms with Gasteiger partial charge < -0.3 is 14.1 Å². The van der Waals surface area contributed by atoms with Crippen LogP contribution in [0.1, 0.15) is 155 Å². The van der Waals surface area contributed by atoms with Crippen LogP contribution in [-0.4, -0.2) is 6.85 Å². The fourth-order valence-corrected chi connectivity index (χ4v) is 14.0. The fourth-order valence-electron chi connectivity index (χ4n) is 14.0. The average molecular weight is 891 g/mol. The van der Waals surface area contributed by atoms with E-state index in [1.165, 1.54) is 119 Å². The van der Waals surface area contributed by atoms with Crippen molar-refractivity contribution < 1.29 is 4.42 Å². The largest absolute Gasteiger partial charge is 0.454 e. The lowest BCUT2D eigenvalue weighted by Crippen LogP contribution is -2.62. The van der Waals surface area contributed by atoms with Gasteiger partial charge in [0.1, 0.15) is 5.58 Å². The molecular weight excluding hydrogens is 824 g/mol. The van der Waals surface area contributed by atoms with E-state index in [2.05, 4.69) is 208 Å². The first-order valence-electron chi connectivity index (χ1n) is 25.8. The summed E-state index contributed by atoms with van der Waals surface area (Å²) < 4.78 is 7.22. The second-order valence-corrected chi connectivity index (χ2v) is 25.7. The molecule has 3 heterocycles. The minimum Gasteiger partial charge on any atom is -0.454 e. The molecule has 0 atom stereocenters. The normalized spacial score (nSPS) is 20.6. The summed E-state index contributed by atoms with van der Waals surface area (Å²) in [5, 5.41) is 4.87. The Labute approximate surface area is 405 Å². The molecule has 0 unspecified atom stereocenters. The van der Waals surface area contributed by atoms with Crippen molar-refractivity contribution in [2.45, 2.75) is 154 Å². The van der Waals surface area contributed by atoms with E-state index in [9.17, 15) is 0 Å². The van der Waals surface area contributed by atoms with E-state index < -0.39 is 0 Å². The first-order valence-corrected chi connectivity index (χ1v) is 25.8. The number of hydrogen-bond donors (Lipinski definition) is 0. The number of furan rings is 1. The van der Waals surface area contributed by atoms with E-state index in [4.69, 9.17) is 4.42 Å². The van der Waals surface area contributed by atoms with Crippen LogP contribution in [0.5, 0.6) is 0 Å². The van der Waals surface area contributed by atoms with E-state index in [0.29, 0.717) is 0 Å². The SMILES string of the molecule is CC1(C)CCC(C)(C)c2cc(N3B4c5cc6c(cc5N(c5ccc7c(c5)C(C)(C)CCC7(C)C)c5cc7ccccc7c(c54)-c4ccc5c(oc7ccccc75)c43)C(C)(C)CCC6(C)C)ccc21. The van der Waals surface area contributed by atoms with Gasteiger partial charge in [-0.1, -0.05) is 150 Å². The maximum Gasteiger partial charge on any atom is 0.333 e. The Morgan fingerprint density at radius 2 is 0.956 bits per heavy atom. The number of fused-ring (bicyclic) bond motifs is 13. The van der Waals surface area contributed by atoms with E-state index >= 15 is 0 Å². The zero-order valence-corrected chi connectivity index (χ0v) is 42.6. The Morgan fingerprint density at radius 1 is 0.441 bits per heavy atom. The summed E-state index contributed by atoms with van der Waals surface area (Å²) >= 11 is 0. The monoisotopic (exact) mass is 891 g/mol. The molecule has 7 aromatic carbocycles. The molecule has 342 valence electrons. The predicted octanol–water partition coefficient (Wildman–Crippen LogP) is 16.5. The van der Waals surface area contributed by atoms with Crippen LogP contribution in [0.2, 0.25) is 0 Å². The highest BCUT2D eigenvalue weighted by Crippen LogP contribution is 2.57. The van der Waals surface area contributed by atoms with Crippen molar-refractivity contribution in [2.24, 2.45) is 0 Å². The summed E-state index contributed by atoms with van der Waals surface area (Å²) in [6.45, 7) is 29.5.